The zero-order chi connectivity index (χ0) is 14.5. The highest BCUT2D eigenvalue weighted by Crippen LogP contribution is 2.32. The van der Waals surface area contributed by atoms with E-state index >= 15 is 0 Å². The first-order chi connectivity index (χ1) is 10.3. The van der Waals surface area contributed by atoms with E-state index in [-0.39, 0.29) is 12.7 Å². The van der Waals surface area contributed by atoms with Gasteiger partial charge in [-0.05, 0) is 35.4 Å². The number of nitrogens with one attached hydrogen (secondary N) is 1. The van der Waals surface area contributed by atoms with Gasteiger partial charge in [-0.25, -0.2) is 0 Å². The van der Waals surface area contributed by atoms with E-state index in [1.165, 1.54) is 6.08 Å². The van der Waals surface area contributed by atoms with Crippen molar-refractivity contribution in [1.82, 2.24) is 10.3 Å². The summed E-state index contributed by atoms with van der Waals surface area (Å²) in [6, 6.07) is 9.29. The van der Waals surface area contributed by atoms with Crippen LogP contribution in [-0.2, 0) is 11.3 Å². The lowest BCUT2D eigenvalue weighted by molar-refractivity contribution is -0.116. The molecule has 0 saturated carbocycles. The molecule has 0 saturated heterocycles. The van der Waals surface area contributed by atoms with Gasteiger partial charge in [-0.2, -0.15) is 0 Å². The third kappa shape index (κ3) is 3.39. The average Bonchev–Trinajstić information content (AvgIpc) is 2.99. The number of carbonyl (C=O) groups is 1. The van der Waals surface area contributed by atoms with Gasteiger partial charge in [-0.1, -0.05) is 12.1 Å². The smallest absolute Gasteiger partial charge is 0.244 e. The number of aromatic nitrogens is 1. The second-order valence-electron chi connectivity index (χ2n) is 4.53. The first-order valence-electron chi connectivity index (χ1n) is 6.56. The minimum atomic E-state index is -0.156. The monoisotopic (exact) mass is 282 g/mol. The van der Waals surface area contributed by atoms with Gasteiger partial charge >= 0.3 is 0 Å². The molecule has 1 aliphatic rings. The molecule has 3 rings (SSSR count). The maximum atomic E-state index is 11.7. The Hall–Kier alpha value is -2.82. The van der Waals surface area contributed by atoms with Crippen molar-refractivity contribution in [3.8, 4) is 11.5 Å². The van der Waals surface area contributed by atoms with E-state index < -0.39 is 0 Å². The number of fused-ring (bicyclic) bond motifs is 1. The summed E-state index contributed by atoms with van der Waals surface area (Å²) in [7, 11) is 0. The minimum absolute atomic E-state index is 0.156. The molecule has 0 bridgehead atoms. The van der Waals surface area contributed by atoms with Gasteiger partial charge in [0.15, 0.2) is 11.5 Å². The van der Waals surface area contributed by atoms with E-state index in [2.05, 4.69) is 10.3 Å². The molecular formula is C16H14N2O3. The van der Waals surface area contributed by atoms with Gasteiger partial charge < -0.3 is 14.8 Å². The van der Waals surface area contributed by atoms with Crippen LogP contribution in [0.5, 0.6) is 11.5 Å². The molecule has 2 aromatic rings. The van der Waals surface area contributed by atoms with Crippen molar-refractivity contribution >= 4 is 12.0 Å². The summed E-state index contributed by atoms with van der Waals surface area (Å²) >= 11 is 0. The van der Waals surface area contributed by atoms with Gasteiger partial charge in [0, 0.05) is 25.0 Å². The quantitative estimate of drug-likeness (QED) is 0.873. The largest absolute Gasteiger partial charge is 0.454 e. The average molecular weight is 282 g/mol. The van der Waals surface area contributed by atoms with Crippen molar-refractivity contribution in [1.29, 1.82) is 0 Å². The van der Waals surface area contributed by atoms with Crippen LogP contribution in [0.25, 0.3) is 6.08 Å². The molecule has 0 radical (unpaired) electrons. The molecule has 0 aliphatic carbocycles. The van der Waals surface area contributed by atoms with Crippen molar-refractivity contribution < 1.29 is 14.3 Å². The van der Waals surface area contributed by atoms with Crippen molar-refractivity contribution in [2.24, 2.45) is 0 Å². The van der Waals surface area contributed by atoms with Crippen molar-refractivity contribution in [2.75, 3.05) is 6.79 Å². The zero-order valence-corrected chi connectivity index (χ0v) is 11.3. The van der Waals surface area contributed by atoms with E-state index in [0.29, 0.717) is 12.3 Å². The number of nitrogens with zero attached hydrogens (tertiary/aromatic N) is 1. The van der Waals surface area contributed by atoms with E-state index in [1.54, 1.807) is 18.5 Å². The molecule has 0 fully saturated rings. The molecule has 0 unspecified atom stereocenters. The van der Waals surface area contributed by atoms with Crippen LogP contribution in [0.15, 0.2) is 48.8 Å². The minimum Gasteiger partial charge on any atom is -0.454 e. The highest BCUT2D eigenvalue weighted by Gasteiger charge is 2.12. The molecule has 5 heteroatoms. The molecule has 2 heterocycles. The topological polar surface area (TPSA) is 60.5 Å². The van der Waals surface area contributed by atoms with Crippen LogP contribution in [0.2, 0.25) is 0 Å². The Morgan fingerprint density at radius 3 is 3.05 bits per heavy atom. The fourth-order valence-corrected chi connectivity index (χ4v) is 1.94. The summed E-state index contributed by atoms with van der Waals surface area (Å²) in [5.41, 5.74) is 1.85. The number of rotatable bonds is 4. The van der Waals surface area contributed by atoms with Crippen molar-refractivity contribution in [2.45, 2.75) is 6.54 Å². The number of carbonyl (C=O) groups excluding carboxylic acids is 1. The zero-order valence-electron chi connectivity index (χ0n) is 11.3. The van der Waals surface area contributed by atoms with Crippen LogP contribution in [-0.4, -0.2) is 17.7 Å². The van der Waals surface area contributed by atoms with Crippen LogP contribution in [0.4, 0.5) is 0 Å². The van der Waals surface area contributed by atoms with E-state index in [9.17, 15) is 4.79 Å². The van der Waals surface area contributed by atoms with Gasteiger partial charge in [-0.15, -0.1) is 0 Å². The van der Waals surface area contributed by atoms with E-state index in [0.717, 1.165) is 16.9 Å². The molecule has 21 heavy (non-hydrogen) atoms. The number of pyridine rings is 1. The summed E-state index contributed by atoms with van der Waals surface area (Å²) in [5.74, 6) is 1.28. The summed E-state index contributed by atoms with van der Waals surface area (Å²) in [4.78, 5) is 15.7. The summed E-state index contributed by atoms with van der Waals surface area (Å²) in [5, 5.41) is 2.80. The number of amides is 1. The van der Waals surface area contributed by atoms with Gasteiger partial charge in [0.25, 0.3) is 0 Å². The van der Waals surface area contributed by atoms with Crippen molar-refractivity contribution in [3.05, 3.63) is 59.9 Å². The van der Waals surface area contributed by atoms with Gasteiger partial charge in [-0.3, -0.25) is 9.78 Å². The second kappa shape index (κ2) is 6.09. The SMILES string of the molecule is O=C(C=Cc1ccc2c(c1)OCO2)NCc1cccnc1. The van der Waals surface area contributed by atoms with Crippen LogP contribution in [0.3, 0.4) is 0 Å². The molecular weight excluding hydrogens is 268 g/mol. The Kier molecular flexibility index (Phi) is 3.82. The van der Waals surface area contributed by atoms with Gasteiger partial charge in [0.2, 0.25) is 12.7 Å². The Morgan fingerprint density at radius 1 is 1.29 bits per heavy atom. The number of hydrogen-bond acceptors (Lipinski definition) is 4. The number of ether oxygens (including phenoxy) is 2. The van der Waals surface area contributed by atoms with Gasteiger partial charge in [0.1, 0.15) is 0 Å². The van der Waals surface area contributed by atoms with Crippen LogP contribution >= 0.6 is 0 Å². The molecule has 1 amide bonds. The summed E-state index contributed by atoms with van der Waals surface area (Å²) < 4.78 is 10.5. The third-order valence-electron chi connectivity index (χ3n) is 3.01. The Morgan fingerprint density at radius 2 is 2.19 bits per heavy atom. The first kappa shape index (κ1) is 13.2. The predicted molar refractivity (Wildman–Crippen MR) is 77.7 cm³/mol. The fourth-order valence-electron chi connectivity index (χ4n) is 1.94. The van der Waals surface area contributed by atoms with Crippen LogP contribution in [0, 0.1) is 0 Å². The maximum absolute atomic E-state index is 11.7. The number of hydrogen-bond donors (Lipinski definition) is 1. The lowest BCUT2D eigenvalue weighted by Crippen LogP contribution is -2.20. The standard InChI is InChI=1S/C16H14N2O3/c19-16(18-10-13-2-1-7-17-9-13)6-4-12-3-5-14-15(8-12)21-11-20-14/h1-9H,10-11H2,(H,18,19). The second-order valence-corrected chi connectivity index (χ2v) is 4.53. The molecule has 106 valence electrons. The maximum Gasteiger partial charge on any atom is 0.244 e. The molecule has 1 N–H and O–H groups in total. The van der Waals surface area contributed by atoms with Gasteiger partial charge in [0.05, 0.1) is 0 Å². The predicted octanol–water partition coefficient (Wildman–Crippen LogP) is 2.14. The third-order valence-corrected chi connectivity index (χ3v) is 3.01. The summed E-state index contributed by atoms with van der Waals surface area (Å²) in [6.07, 6.45) is 6.65. The normalized spacial score (nSPS) is 12.6. The van der Waals surface area contributed by atoms with Crippen LogP contribution in [0.1, 0.15) is 11.1 Å². The first-order valence-corrected chi connectivity index (χ1v) is 6.56. The molecule has 1 aromatic carbocycles. The van der Waals surface area contributed by atoms with E-state index in [4.69, 9.17) is 9.47 Å². The lowest BCUT2D eigenvalue weighted by Gasteiger charge is -2.01. The Bertz CT molecular complexity index is 668. The van der Waals surface area contributed by atoms with Crippen LogP contribution < -0.4 is 14.8 Å². The van der Waals surface area contributed by atoms with E-state index in [1.807, 2.05) is 30.3 Å². The molecule has 0 atom stereocenters. The highest BCUT2D eigenvalue weighted by molar-refractivity contribution is 5.91. The molecule has 1 aliphatic heterocycles. The number of benzene rings is 1. The van der Waals surface area contributed by atoms with Crippen molar-refractivity contribution in [3.63, 3.8) is 0 Å². The molecule has 1 aromatic heterocycles. The molecule has 0 spiro atoms. The summed E-state index contributed by atoms with van der Waals surface area (Å²) in [6.45, 7) is 0.701. The Balaban J connectivity index is 1.57. The fraction of sp³-hybridized carbons (Fsp3) is 0.125. The lowest BCUT2D eigenvalue weighted by atomic mass is 10.2. The molecule has 5 nitrogen and oxygen atoms in total. The highest BCUT2D eigenvalue weighted by atomic mass is 16.7. The Labute approximate surface area is 122 Å².